The number of anilines is 1. The maximum absolute atomic E-state index is 12.5. The van der Waals surface area contributed by atoms with Crippen LogP contribution >= 0.6 is 11.6 Å². The van der Waals surface area contributed by atoms with Crippen LogP contribution in [0.5, 0.6) is 5.75 Å². The second kappa shape index (κ2) is 9.36. The SMILES string of the molecule is O=C(Nc1cnn(Cc2ccccc2Cl)c1)c1ccc(COc2ccccc2[N+](=O)[O-])o1. The number of ether oxygens (including phenoxy) is 1. The van der Waals surface area contributed by atoms with Crippen LogP contribution in [0.2, 0.25) is 5.02 Å². The van der Waals surface area contributed by atoms with Crippen LogP contribution < -0.4 is 10.1 Å². The standard InChI is InChI=1S/C22H17ClN4O5/c23-18-6-2-1-5-15(18)12-26-13-16(11-24-26)25-22(28)21-10-9-17(32-21)14-31-20-8-4-3-7-19(20)27(29)30/h1-11,13H,12,14H2,(H,25,28). The number of furan rings is 1. The van der Waals surface area contributed by atoms with Crippen molar-refractivity contribution in [2.24, 2.45) is 0 Å². The zero-order valence-electron chi connectivity index (χ0n) is 16.6. The lowest BCUT2D eigenvalue weighted by atomic mass is 10.2. The Balaban J connectivity index is 1.36. The third-order valence-electron chi connectivity index (χ3n) is 4.50. The van der Waals surface area contributed by atoms with Gasteiger partial charge in [0.2, 0.25) is 0 Å². The molecule has 0 saturated heterocycles. The van der Waals surface area contributed by atoms with Crippen molar-refractivity contribution in [3.63, 3.8) is 0 Å². The number of carbonyl (C=O) groups is 1. The normalized spacial score (nSPS) is 10.7. The van der Waals surface area contributed by atoms with Gasteiger partial charge in [-0.25, -0.2) is 0 Å². The molecule has 4 rings (SSSR count). The van der Waals surface area contributed by atoms with Gasteiger partial charge in [0.05, 0.1) is 23.4 Å². The molecule has 0 radical (unpaired) electrons. The number of halogens is 1. The first-order valence-corrected chi connectivity index (χ1v) is 9.89. The summed E-state index contributed by atoms with van der Waals surface area (Å²) in [5.74, 6) is 0.0813. The van der Waals surface area contributed by atoms with Crippen LogP contribution in [0.1, 0.15) is 21.9 Å². The van der Waals surface area contributed by atoms with E-state index in [-0.39, 0.29) is 23.8 Å². The van der Waals surface area contributed by atoms with E-state index in [1.165, 1.54) is 24.4 Å². The van der Waals surface area contributed by atoms with E-state index in [2.05, 4.69) is 10.4 Å². The molecule has 9 nitrogen and oxygen atoms in total. The van der Waals surface area contributed by atoms with Gasteiger partial charge in [0, 0.05) is 17.3 Å². The van der Waals surface area contributed by atoms with Crippen LogP contribution in [0, 0.1) is 10.1 Å². The Labute approximate surface area is 187 Å². The second-order valence-electron chi connectivity index (χ2n) is 6.75. The molecular formula is C22H17ClN4O5. The molecule has 0 bridgehead atoms. The van der Waals surface area contributed by atoms with Crippen LogP contribution in [0.4, 0.5) is 11.4 Å². The number of nitrogens with zero attached hydrogens (tertiary/aromatic N) is 3. The van der Waals surface area contributed by atoms with Crippen molar-refractivity contribution in [3.8, 4) is 5.75 Å². The number of hydrogen-bond acceptors (Lipinski definition) is 6. The van der Waals surface area contributed by atoms with Gasteiger partial charge in [0.25, 0.3) is 5.91 Å². The van der Waals surface area contributed by atoms with Crippen LogP contribution in [-0.2, 0) is 13.2 Å². The summed E-state index contributed by atoms with van der Waals surface area (Å²) in [6.45, 7) is 0.400. The first kappa shape index (κ1) is 21.1. The average molecular weight is 453 g/mol. The number of nitro groups is 1. The summed E-state index contributed by atoms with van der Waals surface area (Å²) >= 11 is 6.17. The average Bonchev–Trinajstić information content (AvgIpc) is 3.44. The van der Waals surface area contributed by atoms with E-state index in [0.29, 0.717) is 23.0 Å². The molecule has 4 aromatic rings. The molecule has 1 amide bonds. The van der Waals surface area contributed by atoms with Crippen molar-refractivity contribution in [1.29, 1.82) is 0 Å². The minimum absolute atomic E-state index is 0.0616. The topological polar surface area (TPSA) is 112 Å². The highest BCUT2D eigenvalue weighted by molar-refractivity contribution is 6.31. The Morgan fingerprint density at radius 2 is 1.94 bits per heavy atom. The fraction of sp³-hybridized carbons (Fsp3) is 0.0909. The van der Waals surface area contributed by atoms with E-state index in [9.17, 15) is 14.9 Å². The van der Waals surface area contributed by atoms with E-state index in [4.69, 9.17) is 20.8 Å². The molecule has 0 aliphatic carbocycles. The summed E-state index contributed by atoms with van der Waals surface area (Å²) in [6, 6.07) is 16.6. The minimum atomic E-state index is -0.526. The molecule has 2 heterocycles. The molecule has 10 heteroatoms. The van der Waals surface area contributed by atoms with Gasteiger partial charge in [-0.3, -0.25) is 19.6 Å². The van der Waals surface area contributed by atoms with E-state index >= 15 is 0 Å². The molecule has 0 spiro atoms. The van der Waals surface area contributed by atoms with Crippen LogP contribution in [0.15, 0.2) is 77.5 Å². The zero-order chi connectivity index (χ0) is 22.5. The molecule has 0 aliphatic heterocycles. The van der Waals surface area contributed by atoms with Gasteiger partial charge in [-0.05, 0) is 29.8 Å². The fourth-order valence-corrected chi connectivity index (χ4v) is 3.16. The summed E-state index contributed by atoms with van der Waals surface area (Å²) in [5, 5.41) is 18.6. The van der Waals surface area contributed by atoms with Crippen molar-refractivity contribution in [1.82, 2.24) is 9.78 Å². The molecule has 0 unspecified atom stereocenters. The summed E-state index contributed by atoms with van der Waals surface area (Å²) < 4.78 is 12.6. The number of hydrogen-bond donors (Lipinski definition) is 1. The molecule has 0 fully saturated rings. The lowest BCUT2D eigenvalue weighted by molar-refractivity contribution is -0.386. The van der Waals surface area contributed by atoms with Crippen molar-refractivity contribution in [2.45, 2.75) is 13.2 Å². The number of carbonyl (C=O) groups excluding carboxylic acids is 1. The summed E-state index contributed by atoms with van der Waals surface area (Å²) in [7, 11) is 0. The van der Waals surface area contributed by atoms with Crippen LogP contribution in [0.3, 0.4) is 0 Å². The summed E-state index contributed by atoms with van der Waals surface area (Å²) in [4.78, 5) is 23.0. The molecule has 0 atom stereocenters. The van der Waals surface area contributed by atoms with Crippen LogP contribution in [0.25, 0.3) is 0 Å². The van der Waals surface area contributed by atoms with Crippen molar-refractivity contribution in [2.75, 3.05) is 5.32 Å². The van der Waals surface area contributed by atoms with Crippen LogP contribution in [-0.4, -0.2) is 20.6 Å². The molecule has 0 saturated carbocycles. The maximum atomic E-state index is 12.5. The Bertz CT molecular complexity index is 1270. The number of nitro benzene ring substituents is 1. The lowest BCUT2D eigenvalue weighted by Crippen LogP contribution is -2.10. The molecule has 2 aromatic carbocycles. The number of para-hydroxylation sites is 2. The molecule has 0 aliphatic rings. The number of benzene rings is 2. The quantitative estimate of drug-likeness (QED) is 0.300. The number of aromatic nitrogens is 2. The predicted octanol–water partition coefficient (Wildman–Crippen LogP) is 4.92. The van der Waals surface area contributed by atoms with E-state index < -0.39 is 10.8 Å². The van der Waals surface area contributed by atoms with Crippen molar-refractivity contribution < 1.29 is 18.9 Å². The van der Waals surface area contributed by atoms with Gasteiger partial charge >= 0.3 is 5.69 Å². The number of amides is 1. The highest BCUT2D eigenvalue weighted by Crippen LogP contribution is 2.27. The molecule has 32 heavy (non-hydrogen) atoms. The van der Waals surface area contributed by atoms with Gasteiger partial charge < -0.3 is 14.5 Å². The Morgan fingerprint density at radius 1 is 1.16 bits per heavy atom. The maximum Gasteiger partial charge on any atom is 0.310 e. The second-order valence-corrected chi connectivity index (χ2v) is 7.16. The van der Waals surface area contributed by atoms with E-state index in [0.717, 1.165) is 5.56 Å². The van der Waals surface area contributed by atoms with Gasteiger partial charge in [-0.1, -0.05) is 41.9 Å². The van der Waals surface area contributed by atoms with Gasteiger partial charge in [0.1, 0.15) is 12.4 Å². The number of rotatable bonds is 8. The van der Waals surface area contributed by atoms with Gasteiger partial charge in [0.15, 0.2) is 11.5 Å². The molecule has 1 N–H and O–H groups in total. The Hall–Kier alpha value is -4.11. The predicted molar refractivity (Wildman–Crippen MR) is 117 cm³/mol. The highest BCUT2D eigenvalue weighted by Gasteiger charge is 2.16. The van der Waals surface area contributed by atoms with E-state index in [1.807, 2.05) is 18.2 Å². The monoisotopic (exact) mass is 452 g/mol. The largest absolute Gasteiger partial charge is 0.479 e. The Kier molecular flexibility index (Phi) is 6.18. The third kappa shape index (κ3) is 4.96. The third-order valence-corrected chi connectivity index (χ3v) is 4.87. The van der Waals surface area contributed by atoms with Gasteiger partial charge in [-0.15, -0.1) is 0 Å². The van der Waals surface area contributed by atoms with Crippen molar-refractivity contribution >= 4 is 28.9 Å². The van der Waals surface area contributed by atoms with Gasteiger partial charge in [-0.2, -0.15) is 5.10 Å². The fourth-order valence-electron chi connectivity index (χ4n) is 2.96. The minimum Gasteiger partial charge on any atom is -0.479 e. The lowest BCUT2D eigenvalue weighted by Gasteiger charge is -2.05. The van der Waals surface area contributed by atoms with Crippen molar-refractivity contribution in [3.05, 3.63) is 105 Å². The first-order valence-electron chi connectivity index (χ1n) is 9.52. The molecule has 2 aromatic heterocycles. The summed E-state index contributed by atoms with van der Waals surface area (Å²) in [5.41, 5.74) is 1.26. The highest BCUT2D eigenvalue weighted by atomic mass is 35.5. The number of nitrogens with one attached hydrogen (secondary N) is 1. The molecule has 162 valence electrons. The first-order chi connectivity index (χ1) is 15.5. The smallest absolute Gasteiger partial charge is 0.310 e. The zero-order valence-corrected chi connectivity index (χ0v) is 17.4. The molecular weight excluding hydrogens is 436 g/mol. The summed E-state index contributed by atoms with van der Waals surface area (Å²) in [6.07, 6.45) is 3.21. The van der Waals surface area contributed by atoms with E-state index in [1.54, 1.807) is 35.1 Å². The Morgan fingerprint density at radius 3 is 2.75 bits per heavy atom.